The van der Waals surface area contributed by atoms with E-state index in [0.717, 1.165) is 0 Å². The van der Waals surface area contributed by atoms with Gasteiger partial charge in [0.05, 0.1) is 23.3 Å². The van der Waals surface area contributed by atoms with E-state index in [1.165, 1.54) is 6.07 Å². The van der Waals surface area contributed by atoms with Crippen LogP contribution in [0.5, 0.6) is 11.5 Å². The van der Waals surface area contributed by atoms with Gasteiger partial charge in [-0.25, -0.2) is 4.79 Å². The van der Waals surface area contributed by atoms with Gasteiger partial charge >= 0.3 is 5.97 Å². The molecule has 0 aromatic heterocycles. The Hall–Kier alpha value is -1.33. The number of esters is 1. The van der Waals surface area contributed by atoms with Gasteiger partial charge in [0.25, 0.3) is 0 Å². The first-order chi connectivity index (χ1) is 12.0. The van der Waals surface area contributed by atoms with Crippen LogP contribution in [0.25, 0.3) is 0 Å². The van der Waals surface area contributed by atoms with Crippen molar-refractivity contribution in [1.82, 2.24) is 0 Å². The molecule has 0 saturated carbocycles. The predicted molar refractivity (Wildman–Crippen MR) is 99.5 cm³/mol. The average molecular weight is 424 g/mol. The second kappa shape index (κ2) is 9.97. The molecule has 4 nitrogen and oxygen atoms in total. The monoisotopic (exact) mass is 422 g/mol. The van der Waals surface area contributed by atoms with Gasteiger partial charge in [-0.1, -0.05) is 46.4 Å². The van der Waals surface area contributed by atoms with E-state index in [9.17, 15) is 4.79 Å². The summed E-state index contributed by atoms with van der Waals surface area (Å²) in [6, 6.07) is 9.69. The molecule has 2 aromatic rings. The highest BCUT2D eigenvalue weighted by molar-refractivity contribution is 6.36. The maximum Gasteiger partial charge on any atom is 0.344 e. The summed E-state index contributed by atoms with van der Waals surface area (Å²) in [7, 11) is 0. The molecule has 134 valence electrons. The molecule has 0 fully saturated rings. The highest BCUT2D eigenvalue weighted by atomic mass is 35.5. The molecule has 0 heterocycles. The first-order valence-corrected chi connectivity index (χ1v) is 8.78. The van der Waals surface area contributed by atoms with E-state index in [1.54, 1.807) is 30.3 Å². The molecule has 2 rings (SSSR count). The zero-order valence-corrected chi connectivity index (χ0v) is 16.0. The smallest absolute Gasteiger partial charge is 0.344 e. The first-order valence-electron chi connectivity index (χ1n) is 7.27. The number of rotatable bonds is 8. The third kappa shape index (κ3) is 6.83. The summed E-state index contributed by atoms with van der Waals surface area (Å²) in [4.78, 5) is 11.6. The van der Waals surface area contributed by atoms with Crippen molar-refractivity contribution < 1.29 is 19.0 Å². The number of carbonyl (C=O) groups excluding carboxylic acids is 1. The standard InChI is InChI=1S/C17H14Cl4O4/c18-11-2-4-15(13(20)8-11)23-6-1-7-24-17(22)10-25-16-5-3-12(19)9-14(16)21/h2-5,8-9H,1,6-7,10H2. The van der Waals surface area contributed by atoms with E-state index in [4.69, 9.17) is 60.6 Å². The number of ether oxygens (including phenoxy) is 3. The van der Waals surface area contributed by atoms with Crippen molar-refractivity contribution in [2.24, 2.45) is 0 Å². The van der Waals surface area contributed by atoms with E-state index >= 15 is 0 Å². The summed E-state index contributed by atoms with van der Waals surface area (Å²) in [6.07, 6.45) is 0.506. The normalized spacial score (nSPS) is 10.4. The van der Waals surface area contributed by atoms with Crippen LogP contribution in [0.3, 0.4) is 0 Å². The van der Waals surface area contributed by atoms with Crippen molar-refractivity contribution in [2.75, 3.05) is 19.8 Å². The van der Waals surface area contributed by atoms with E-state index in [1.807, 2.05) is 0 Å². The molecule has 0 aliphatic rings. The molecule has 0 aliphatic carbocycles. The lowest BCUT2D eigenvalue weighted by Crippen LogP contribution is -2.16. The molecule has 0 N–H and O–H groups in total. The van der Waals surface area contributed by atoms with Crippen molar-refractivity contribution in [3.05, 3.63) is 56.5 Å². The van der Waals surface area contributed by atoms with Crippen molar-refractivity contribution in [2.45, 2.75) is 6.42 Å². The molecule has 0 saturated heterocycles. The summed E-state index contributed by atoms with van der Waals surface area (Å²) in [6.45, 7) is 0.297. The molecule has 0 atom stereocenters. The fourth-order valence-electron chi connectivity index (χ4n) is 1.79. The number of benzene rings is 2. The van der Waals surface area contributed by atoms with Crippen LogP contribution in [0.1, 0.15) is 6.42 Å². The molecule has 25 heavy (non-hydrogen) atoms. The Labute approximate surface area is 165 Å². The maximum atomic E-state index is 11.6. The molecule has 0 aliphatic heterocycles. The fourth-order valence-corrected chi connectivity index (χ4v) is 2.72. The number of halogens is 4. The molecular formula is C17H14Cl4O4. The van der Waals surface area contributed by atoms with E-state index < -0.39 is 5.97 Å². The van der Waals surface area contributed by atoms with Crippen LogP contribution < -0.4 is 9.47 Å². The Morgan fingerprint density at radius 1 is 0.800 bits per heavy atom. The molecule has 0 bridgehead atoms. The Bertz CT molecular complexity index is 737. The Balaban J connectivity index is 1.63. The minimum atomic E-state index is -0.504. The van der Waals surface area contributed by atoms with Gasteiger partial charge in [0.1, 0.15) is 11.5 Å². The summed E-state index contributed by atoms with van der Waals surface area (Å²) >= 11 is 23.5. The lowest BCUT2D eigenvalue weighted by atomic mass is 10.3. The van der Waals surface area contributed by atoms with Gasteiger partial charge in [-0.15, -0.1) is 0 Å². The number of carbonyl (C=O) groups is 1. The van der Waals surface area contributed by atoms with Gasteiger partial charge < -0.3 is 14.2 Å². The van der Waals surface area contributed by atoms with Crippen LogP contribution in [-0.2, 0) is 9.53 Å². The summed E-state index contributed by atoms with van der Waals surface area (Å²) in [5.41, 5.74) is 0. The van der Waals surface area contributed by atoms with Crippen molar-refractivity contribution in [3.8, 4) is 11.5 Å². The minimum absolute atomic E-state index is 0.196. The largest absolute Gasteiger partial charge is 0.492 e. The molecule has 0 amide bonds. The summed E-state index contributed by atoms with van der Waals surface area (Å²) in [5.74, 6) is 0.386. The second-order valence-electron chi connectivity index (χ2n) is 4.86. The Morgan fingerprint density at radius 3 is 1.92 bits per heavy atom. The van der Waals surface area contributed by atoms with Crippen molar-refractivity contribution in [3.63, 3.8) is 0 Å². The van der Waals surface area contributed by atoms with Crippen LogP contribution >= 0.6 is 46.4 Å². The van der Waals surface area contributed by atoms with Gasteiger partial charge in [-0.3, -0.25) is 0 Å². The molecule has 2 aromatic carbocycles. The van der Waals surface area contributed by atoms with Gasteiger partial charge in [-0.2, -0.15) is 0 Å². The van der Waals surface area contributed by atoms with Crippen LogP contribution in [0, 0.1) is 0 Å². The van der Waals surface area contributed by atoms with Crippen LogP contribution in [0.2, 0.25) is 20.1 Å². The van der Waals surface area contributed by atoms with Gasteiger partial charge in [0.15, 0.2) is 6.61 Å². The molecular weight excluding hydrogens is 410 g/mol. The summed E-state index contributed by atoms with van der Waals surface area (Å²) in [5, 5.41) is 1.78. The third-order valence-corrected chi connectivity index (χ3v) is 4.00. The van der Waals surface area contributed by atoms with Crippen LogP contribution in [0.4, 0.5) is 0 Å². The average Bonchev–Trinajstić information content (AvgIpc) is 2.55. The molecule has 0 spiro atoms. The van der Waals surface area contributed by atoms with E-state index in [2.05, 4.69) is 0 Å². The zero-order valence-electron chi connectivity index (χ0n) is 12.9. The van der Waals surface area contributed by atoms with Gasteiger partial charge in [-0.05, 0) is 36.4 Å². The SMILES string of the molecule is O=C(COc1ccc(Cl)cc1Cl)OCCCOc1ccc(Cl)cc1Cl. The third-order valence-electron chi connectivity index (χ3n) is 2.94. The predicted octanol–water partition coefficient (Wildman–Crippen LogP) is 5.69. The first kappa shape index (κ1) is 20.0. The topological polar surface area (TPSA) is 44.8 Å². The van der Waals surface area contributed by atoms with Crippen LogP contribution in [0.15, 0.2) is 36.4 Å². The summed E-state index contributed by atoms with van der Waals surface area (Å²) < 4.78 is 15.8. The van der Waals surface area contributed by atoms with E-state index in [0.29, 0.717) is 44.6 Å². The quantitative estimate of drug-likeness (QED) is 0.404. The highest BCUT2D eigenvalue weighted by Crippen LogP contribution is 2.28. The molecule has 0 radical (unpaired) electrons. The van der Waals surface area contributed by atoms with Gasteiger partial charge in [0.2, 0.25) is 0 Å². The number of hydrogen-bond acceptors (Lipinski definition) is 4. The van der Waals surface area contributed by atoms with Gasteiger partial charge in [0, 0.05) is 16.5 Å². The fraction of sp³-hybridized carbons (Fsp3) is 0.235. The lowest BCUT2D eigenvalue weighted by molar-refractivity contribution is -0.146. The highest BCUT2D eigenvalue weighted by Gasteiger charge is 2.08. The van der Waals surface area contributed by atoms with Crippen molar-refractivity contribution >= 4 is 52.4 Å². The molecule has 8 heteroatoms. The van der Waals surface area contributed by atoms with E-state index in [-0.39, 0.29) is 13.2 Å². The maximum absolute atomic E-state index is 11.6. The minimum Gasteiger partial charge on any atom is -0.492 e. The van der Waals surface area contributed by atoms with Crippen LogP contribution in [-0.4, -0.2) is 25.8 Å². The zero-order chi connectivity index (χ0) is 18.2. The van der Waals surface area contributed by atoms with Crippen molar-refractivity contribution in [1.29, 1.82) is 0 Å². The Kier molecular flexibility index (Phi) is 7.97. The Morgan fingerprint density at radius 2 is 1.36 bits per heavy atom. The molecule has 0 unspecified atom stereocenters. The number of hydrogen-bond donors (Lipinski definition) is 0. The second-order valence-corrected chi connectivity index (χ2v) is 6.55. The lowest BCUT2D eigenvalue weighted by Gasteiger charge is -2.10.